The molecule has 1 aromatic heterocycles. The third-order valence-electron chi connectivity index (χ3n) is 1.97. The van der Waals surface area contributed by atoms with Crippen LogP contribution in [0.3, 0.4) is 0 Å². The van der Waals surface area contributed by atoms with Crippen molar-refractivity contribution >= 4 is 23.3 Å². The fourth-order valence-electron chi connectivity index (χ4n) is 1.12. The van der Waals surface area contributed by atoms with Gasteiger partial charge < -0.3 is 20.3 Å². The summed E-state index contributed by atoms with van der Waals surface area (Å²) < 4.78 is 10.2. The molecule has 0 aromatic carbocycles. The lowest BCUT2D eigenvalue weighted by Gasteiger charge is -2.26. The summed E-state index contributed by atoms with van der Waals surface area (Å²) in [5.74, 6) is -1.30. The van der Waals surface area contributed by atoms with Gasteiger partial charge in [-0.3, -0.25) is 0 Å². The molecule has 7 nitrogen and oxygen atoms in total. The molecule has 1 aliphatic heterocycles. The first-order chi connectivity index (χ1) is 7.58. The van der Waals surface area contributed by atoms with Crippen LogP contribution >= 0.6 is 11.6 Å². The number of ether oxygens (including phenoxy) is 2. The zero-order chi connectivity index (χ0) is 11.7. The molecule has 0 aliphatic carbocycles. The molecule has 0 unspecified atom stereocenters. The fourth-order valence-corrected chi connectivity index (χ4v) is 1.28. The van der Waals surface area contributed by atoms with Crippen molar-refractivity contribution < 1.29 is 19.4 Å². The highest BCUT2D eigenvalue weighted by Gasteiger charge is 2.24. The van der Waals surface area contributed by atoms with E-state index in [1.807, 2.05) is 0 Å². The first-order valence-corrected chi connectivity index (χ1v) is 4.76. The number of nitrogens with two attached hydrogens (primary N) is 1. The largest absolute Gasteiger partial charge is 0.476 e. The fraction of sp³-hybridized carbons (Fsp3) is 0.375. The highest BCUT2D eigenvalue weighted by Crippen LogP contribution is 2.25. The van der Waals surface area contributed by atoms with E-state index < -0.39 is 5.97 Å². The number of rotatable bonds is 3. The second-order valence-electron chi connectivity index (χ2n) is 3.14. The maximum atomic E-state index is 10.8. The number of nitrogens with zero attached hydrogens (tertiary/aromatic N) is 2. The van der Waals surface area contributed by atoms with Gasteiger partial charge in [-0.05, 0) is 11.6 Å². The molecule has 0 atom stereocenters. The maximum Gasteiger partial charge on any atom is 0.356 e. The minimum Gasteiger partial charge on any atom is -0.476 e. The van der Waals surface area contributed by atoms with Crippen molar-refractivity contribution in [1.29, 1.82) is 0 Å². The molecule has 1 fully saturated rings. The van der Waals surface area contributed by atoms with Gasteiger partial charge in [0.15, 0.2) is 5.69 Å². The Balaban J connectivity index is 2.31. The van der Waals surface area contributed by atoms with Gasteiger partial charge in [0, 0.05) is 0 Å². The van der Waals surface area contributed by atoms with Gasteiger partial charge in [0.1, 0.15) is 11.8 Å². The second kappa shape index (κ2) is 4.11. The first-order valence-electron chi connectivity index (χ1n) is 4.38. The Morgan fingerprint density at radius 2 is 2.25 bits per heavy atom. The molecule has 3 N–H and O–H groups in total. The summed E-state index contributed by atoms with van der Waals surface area (Å²) in [7, 11) is 0. The molecule has 86 valence electrons. The van der Waals surface area contributed by atoms with E-state index in [1.54, 1.807) is 0 Å². The van der Waals surface area contributed by atoms with E-state index in [9.17, 15) is 4.79 Å². The number of carboxylic acids is 1. The Kier molecular flexibility index (Phi) is 2.80. The number of anilines is 1. The standard InChI is InChI=1S/C8H8ClN3O4/c9-8-11-5(7(13)14)4(10)6(12-8)16-3-1-15-2-3/h3H,1-2,10H2,(H,13,14). The minimum absolute atomic E-state index is 0.0225. The molecule has 2 heterocycles. The molecule has 0 bridgehead atoms. The molecule has 1 aromatic rings. The van der Waals surface area contributed by atoms with Crippen molar-refractivity contribution in [2.75, 3.05) is 18.9 Å². The number of hydrogen-bond acceptors (Lipinski definition) is 6. The first kappa shape index (κ1) is 10.9. The third kappa shape index (κ3) is 2.00. The van der Waals surface area contributed by atoms with Crippen LogP contribution in [0.2, 0.25) is 5.28 Å². The van der Waals surface area contributed by atoms with Crippen LogP contribution in [0.5, 0.6) is 5.88 Å². The van der Waals surface area contributed by atoms with Crippen molar-refractivity contribution in [2.24, 2.45) is 0 Å². The van der Waals surface area contributed by atoms with E-state index in [4.69, 9.17) is 31.9 Å². The van der Waals surface area contributed by atoms with E-state index in [0.29, 0.717) is 13.2 Å². The van der Waals surface area contributed by atoms with Crippen LogP contribution in [0.1, 0.15) is 10.5 Å². The van der Waals surface area contributed by atoms with Crippen LogP contribution in [0.25, 0.3) is 0 Å². The van der Waals surface area contributed by atoms with Crippen molar-refractivity contribution in [1.82, 2.24) is 9.97 Å². The smallest absolute Gasteiger partial charge is 0.356 e. The van der Waals surface area contributed by atoms with E-state index in [-0.39, 0.29) is 28.6 Å². The molecule has 0 amide bonds. The van der Waals surface area contributed by atoms with Crippen LogP contribution in [0.4, 0.5) is 5.69 Å². The third-order valence-corrected chi connectivity index (χ3v) is 2.14. The van der Waals surface area contributed by atoms with Gasteiger partial charge in [0.05, 0.1) is 13.2 Å². The lowest BCUT2D eigenvalue weighted by molar-refractivity contribution is -0.0810. The highest BCUT2D eigenvalue weighted by molar-refractivity contribution is 6.28. The average molecular weight is 246 g/mol. The summed E-state index contributed by atoms with van der Waals surface area (Å²) in [6.45, 7) is 0.840. The molecule has 16 heavy (non-hydrogen) atoms. The number of hydrogen-bond donors (Lipinski definition) is 2. The average Bonchev–Trinajstić information content (AvgIpc) is 2.15. The minimum atomic E-state index is -1.28. The zero-order valence-corrected chi connectivity index (χ0v) is 8.77. The predicted octanol–water partition coefficient (Wildman–Crippen LogP) is 0.188. The van der Waals surface area contributed by atoms with Gasteiger partial charge in [0.2, 0.25) is 11.2 Å². The lowest BCUT2D eigenvalue weighted by atomic mass is 10.3. The SMILES string of the molecule is Nc1c(OC2COC2)nc(Cl)nc1C(=O)O. The Hall–Kier alpha value is -1.60. The van der Waals surface area contributed by atoms with Gasteiger partial charge in [-0.25, -0.2) is 9.78 Å². The normalized spacial score (nSPS) is 15.6. The summed E-state index contributed by atoms with van der Waals surface area (Å²) in [6.07, 6.45) is -0.171. The Morgan fingerprint density at radius 1 is 1.56 bits per heavy atom. The summed E-state index contributed by atoms with van der Waals surface area (Å²) in [4.78, 5) is 18.0. The van der Waals surface area contributed by atoms with Crippen molar-refractivity contribution in [2.45, 2.75) is 6.10 Å². The number of carboxylic acid groups (broad SMARTS) is 1. The number of halogens is 1. The van der Waals surface area contributed by atoms with Crippen LogP contribution in [-0.2, 0) is 4.74 Å². The Bertz CT molecular complexity index is 436. The molecular weight excluding hydrogens is 238 g/mol. The van der Waals surface area contributed by atoms with Crippen LogP contribution in [0, 0.1) is 0 Å². The second-order valence-corrected chi connectivity index (χ2v) is 3.48. The molecule has 0 spiro atoms. The zero-order valence-electron chi connectivity index (χ0n) is 8.01. The Labute approximate surface area is 95.2 Å². The van der Waals surface area contributed by atoms with Crippen molar-refractivity contribution in [3.05, 3.63) is 11.0 Å². The Morgan fingerprint density at radius 3 is 2.75 bits per heavy atom. The molecule has 2 rings (SSSR count). The number of aromatic carboxylic acids is 1. The number of carbonyl (C=O) groups is 1. The summed E-state index contributed by atoms with van der Waals surface area (Å²) >= 11 is 5.56. The monoisotopic (exact) mass is 245 g/mol. The molecule has 1 saturated heterocycles. The van der Waals surface area contributed by atoms with E-state index in [2.05, 4.69) is 9.97 Å². The molecular formula is C8H8ClN3O4. The van der Waals surface area contributed by atoms with Gasteiger partial charge >= 0.3 is 5.97 Å². The maximum absolute atomic E-state index is 10.8. The lowest BCUT2D eigenvalue weighted by Crippen LogP contribution is -2.39. The molecule has 1 aliphatic rings. The van der Waals surface area contributed by atoms with Gasteiger partial charge in [-0.2, -0.15) is 4.98 Å². The highest BCUT2D eigenvalue weighted by atomic mass is 35.5. The summed E-state index contributed by atoms with van der Waals surface area (Å²) in [5.41, 5.74) is 5.05. The van der Waals surface area contributed by atoms with Crippen LogP contribution < -0.4 is 10.5 Å². The van der Waals surface area contributed by atoms with Crippen molar-refractivity contribution in [3.63, 3.8) is 0 Å². The molecule has 0 radical (unpaired) electrons. The number of nitrogen functional groups attached to an aromatic ring is 1. The summed E-state index contributed by atoms with van der Waals surface area (Å²) in [5, 5.41) is 8.59. The van der Waals surface area contributed by atoms with E-state index >= 15 is 0 Å². The molecule has 0 saturated carbocycles. The van der Waals surface area contributed by atoms with Crippen molar-refractivity contribution in [3.8, 4) is 5.88 Å². The predicted molar refractivity (Wildman–Crippen MR) is 53.6 cm³/mol. The number of aromatic nitrogens is 2. The van der Waals surface area contributed by atoms with Gasteiger partial charge in [-0.15, -0.1) is 0 Å². The van der Waals surface area contributed by atoms with Crippen LogP contribution in [0.15, 0.2) is 0 Å². The molecule has 8 heteroatoms. The quantitative estimate of drug-likeness (QED) is 0.732. The van der Waals surface area contributed by atoms with E-state index in [0.717, 1.165) is 0 Å². The van der Waals surface area contributed by atoms with Crippen LogP contribution in [-0.4, -0.2) is 40.4 Å². The topological polar surface area (TPSA) is 108 Å². The van der Waals surface area contributed by atoms with Gasteiger partial charge in [-0.1, -0.05) is 0 Å². The van der Waals surface area contributed by atoms with Gasteiger partial charge in [0.25, 0.3) is 0 Å². The van der Waals surface area contributed by atoms with E-state index in [1.165, 1.54) is 0 Å². The summed E-state index contributed by atoms with van der Waals surface area (Å²) in [6, 6.07) is 0.